The van der Waals surface area contributed by atoms with Gasteiger partial charge in [0, 0.05) is 68.6 Å². The summed E-state index contributed by atoms with van der Waals surface area (Å²) < 4.78 is 21.1. The van der Waals surface area contributed by atoms with E-state index in [0.717, 1.165) is 23.7 Å². The van der Waals surface area contributed by atoms with E-state index in [4.69, 9.17) is 4.74 Å². The van der Waals surface area contributed by atoms with E-state index in [1.165, 1.54) is 4.90 Å². The number of likely N-dealkylation sites (N-methyl/N-ethyl adjacent to an activating group) is 1. The lowest BCUT2D eigenvalue weighted by atomic mass is 10.1. The number of ether oxygens (including phenoxy) is 1. The maximum absolute atomic E-state index is 13.8. The van der Waals surface area contributed by atoms with Gasteiger partial charge in [-0.2, -0.15) is 0 Å². The first-order chi connectivity index (χ1) is 17.4. The molecule has 0 N–H and O–H groups in total. The molecule has 1 aromatic heterocycles. The van der Waals surface area contributed by atoms with Gasteiger partial charge in [0.05, 0.1) is 18.0 Å². The average molecular weight is 492 g/mol. The van der Waals surface area contributed by atoms with E-state index in [-0.39, 0.29) is 36.6 Å². The molecule has 2 heterocycles. The van der Waals surface area contributed by atoms with Crippen molar-refractivity contribution in [3.05, 3.63) is 83.3 Å². The van der Waals surface area contributed by atoms with Gasteiger partial charge in [0.15, 0.2) is 6.29 Å². The normalized spacial score (nSPS) is 14.8. The molecule has 0 unspecified atom stereocenters. The molecule has 1 aliphatic rings. The van der Waals surface area contributed by atoms with Gasteiger partial charge in [-0.15, -0.1) is 0 Å². The van der Waals surface area contributed by atoms with Crippen LogP contribution in [0.3, 0.4) is 0 Å². The lowest BCUT2D eigenvalue weighted by Crippen LogP contribution is -2.40. The Morgan fingerprint density at radius 3 is 2.58 bits per heavy atom. The molecule has 1 saturated heterocycles. The largest absolute Gasteiger partial charge is 0.381 e. The van der Waals surface area contributed by atoms with Crippen LogP contribution >= 0.6 is 0 Å². The summed E-state index contributed by atoms with van der Waals surface area (Å²) >= 11 is 0. The number of hydrogen-bond donors (Lipinski definition) is 0. The van der Waals surface area contributed by atoms with Crippen LogP contribution in [0.15, 0.2) is 66.6 Å². The summed E-state index contributed by atoms with van der Waals surface area (Å²) in [6, 6.07) is 14.0. The molecule has 0 spiro atoms. The Morgan fingerprint density at radius 1 is 1.14 bits per heavy atom. The van der Waals surface area contributed by atoms with Crippen LogP contribution in [-0.2, 0) is 11.3 Å². The SMILES string of the molecule is COC1CCN(C(=O)c2ccc3c(ccn3C/C(=C/F)CN(C)C(=O)c3ccccc3C=O)c2)CC1. The quantitative estimate of drug-likeness (QED) is 0.440. The predicted molar refractivity (Wildman–Crippen MR) is 136 cm³/mol. The summed E-state index contributed by atoms with van der Waals surface area (Å²) in [5.41, 5.74) is 2.46. The van der Waals surface area contributed by atoms with E-state index < -0.39 is 0 Å². The number of nitrogens with zero attached hydrogens (tertiary/aromatic N) is 3. The molecule has 3 aromatic rings. The molecule has 0 atom stereocenters. The van der Waals surface area contributed by atoms with Crippen LogP contribution in [0.5, 0.6) is 0 Å². The molecule has 4 rings (SSSR count). The van der Waals surface area contributed by atoms with Gasteiger partial charge in [-0.25, -0.2) is 4.39 Å². The zero-order valence-electron chi connectivity index (χ0n) is 20.5. The van der Waals surface area contributed by atoms with Crippen molar-refractivity contribution in [2.75, 3.05) is 33.8 Å². The Balaban J connectivity index is 1.44. The Labute approximate surface area is 209 Å². The fourth-order valence-electron chi connectivity index (χ4n) is 4.66. The maximum Gasteiger partial charge on any atom is 0.254 e. The van der Waals surface area contributed by atoms with E-state index in [1.807, 2.05) is 33.9 Å². The van der Waals surface area contributed by atoms with Crippen molar-refractivity contribution in [3.8, 4) is 0 Å². The number of carbonyl (C=O) groups excluding carboxylic acids is 3. The molecule has 1 aliphatic heterocycles. The van der Waals surface area contributed by atoms with Crippen molar-refractivity contribution in [1.29, 1.82) is 0 Å². The fourth-order valence-corrected chi connectivity index (χ4v) is 4.66. The third-order valence-corrected chi connectivity index (χ3v) is 6.71. The topological polar surface area (TPSA) is 71.8 Å². The lowest BCUT2D eigenvalue weighted by Gasteiger charge is -2.31. The molecular formula is C28H30FN3O4. The molecule has 2 amide bonds. The zero-order valence-corrected chi connectivity index (χ0v) is 20.5. The van der Waals surface area contributed by atoms with Crippen molar-refractivity contribution in [2.45, 2.75) is 25.5 Å². The first kappa shape index (κ1) is 25.3. The van der Waals surface area contributed by atoms with Gasteiger partial charge >= 0.3 is 0 Å². The second kappa shape index (κ2) is 11.3. The molecule has 0 aliphatic carbocycles. The van der Waals surface area contributed by atoms with E-state index >= 15 is 0 Å². The third-order valence-electron chi connectivity index (χ3n) is 6.71. The molecule has 36 heavy (non-hydrogen) atoms. The second-order valence-corrected chi connectivity index (χ2v) is 9.08. The van der Waals surface area contributed by atoms with Crippen molar-refractivity contribution in [2.24, 2.45) is 0 Å². The van der Waals surface area contributed by atoms with E-state index in [2.05, 4.69) is 0 Å². The van der Waals surface area contributed by atoms with E-state index in [1.54, 1.807) is 44.5 Å². The average Bonchev–Trinajstić information content (AvgIpc) is 3.33. The van der Waals surface area contributed by atoms with Gasteiger partial charge in [0.1, 0.15) is 0 Å². The predicted octanol–water partition coefficient (Wildman–Crippen LogP) is 4.33. The monoisotopic (exact) mass is 491 g/mol. The summed E-state index contributed by atoms with van der Waals surface area (Å²) in [7, 11) is 3.28. The highest BCUT2D eigenvalue weighted by molar-refractivity contribution is 6.01. The molecular weight excluding hydrogens is 461 g/mol. The smallest absolute Gasteiger partial charge is 0.254 e. The molecule has 188 valence electrons. The van der Waals surface area contributed by atoms with E-state index in [9.17, 15) is 18.8 Å². The van der Waals surface area contributed by atoms with Crippen LogP contribution in [-0.4, -0.2) is 72.4 Å². The Kier molecular flexibility index (Phi) is 7.95. The van der Waals surface area contributed by atoms with Crippen LogP contribution < -0.4 is 0 Å². The van der Waals surface area contributed by atoms with Crippen molar-refractivity contribution in [1.82, 2.24) is 14.4 Å². The number of methoxy groups -OCH3 is 1. The standard InChI is InChI=1S/C28H30FN3O4/c1-30(28(35)25-6-4-3-5-23(25)19-33)17-20(16-29)18-32-12-9-21-15-22(7-8-26(21)32)27(34)31-13-10-24(36-2)11-14-31/h3-9,12,15-16,19,24H,10-11,13-14,17-18H2,1-2H3/b20-16+. The number of likely N-dealkylation sites (tertiary alicyclic amines) is 1. The summed E-state index contributed by atoms with van der Waals surface area (Å²) in [4.78, 5) is 40.3. The fraction of sp³-hybridized carbons (Fsp3) is 0.321. The highest BCUT2D eigenvalue weighted by atomic mass is 19.1. The molecule has 7 nitrogen and oxygen atoms in total. The molecule has 0 saturated carbocycles. The zero-order chi connectivity index (χ0) is 25.7. The number of hydrogen-bond acceptors (Lipinski definition) is 4. The highest BCUT2D eigenvalue weighted by Gasteiger charge is 2.24. The van der Waals surface area contributed by atoms with Gasteiger partial charge < -0.3 is 19.1 Å². The van der Waals surface area contributed by atoms with Crippen LogP contribution in [0, 0.1) is 0 Å². The van der Waals surface area contributed by atoms with Crippen LogP contribution in [0.25, 0.3) is 10.9 Å². The number of aromatic nitrogens is 1. The number of amides is 2. The van der Waals surface area contributed by atoms with E-state index in [0.29, 0.717) is 42.4 Å². The molecule has 1 fully saturated rings. The number of aldehydes is 1. The van der Waals surface area contributed by atoms with Crippen LogP contribution in [0.1, 0.15) is 43.9 Å². The number of piperidine rings is 1. The lowest BCUT2D eigenvalue weighted by molar-refractivity contribution is 0.0350. The van der Waals surface area contributed by atoms with Gasteiger partial charge in [-0.05, 0) is 48.7 Å². The molecule has 2 aromatic carbocycles. The molecule has 0 radical (unpaired) electrons. The molecule has 8 heteroatoms. The Bertz CT molecular complexity index is 1290. The van der Waals surface area contributed by atoms with Gasteiger partial charge in [-0.3, -0.25) is 14.4 Å². The summed E-state index contributed by atoms with van der Waals surface area (Å²) in [5.74, 6) is -0.355. The van der Waals surface area contributed by atoms with Gasteiger partial charge in [0.25, 0.3) is 11.8 Å². The minimum Gasteiger partial charge on any atom is -0.381 e. The maximum atomic E-state index is 13.8. The summed E-state index contributed by atoms with van der Waals surface area (Å²) in [5, 5.41) is 0.884. The number of benzene rings is 2. The van der Waals surface area contributed by atoms with Gasteiger partial charge in [0.2, 0.25) is 0 Å². The highest BCUT2D eigenvalue weighted by Crippen LogP contribution is 2.22. The number of carbonyl (C=O) groups is 3. The number of rotatable bonds is 8. The van der Waals surface area contributed by atoms with Gasteiger partial charge in [-0.1, -0.05) is 18.2 Å². The minimum absolute atomic E-state index is 0.000659. The minimum atomic E-state index is -0.355. The Morgan fingerprint density at radius 2 is 1.89 bits per heavy atom. The first-order valence-corrected chi connectivity index (χ1v) is 11.9. The van der Waals surface area contributed by atoms with Crippen molar-refractivity contribution >= 4 is 29.0 Å². The number of halogens is 1. The molecule has 0 bridgehead atoms. The number of fused-ring (bicyclic) bond motifs is 1. The van der Waals surface area contributed by atoms with Crippen LogP contribution in [0.4, 0.5) is 4.39 Å². The van der Waals surface area contributed by atoms with Crippen molar-refractivity contribution in [3.63, 3.8) is 0 Å². The first-order valence-electron chi connectivity index (χ1n) is 11.9. The summed E-state index contributed by atoms with van der Waals surface area (Å²) in [6.07, 6.45) is 4.86. The van der Waals surface area contributed by atoms with Crippen molar-refractivity contribution < 1.29 is 23.5 Å². The third kappa shape index (κ3) is 5.39. The second-order valence-electron chi connectivity index (χ2n) is 9.08. The summed E-state index contributed by atoms with van der Waals surface area (Å²) in [6.45, 7) is 1.65. The Hall–Kier alpha value is -3.78. The van der Waals surface area contributed by atoms with Crippen LogP contribution in [0.2, 0.25) is 0 Å².